The maximum absolute atomic E-state index is 12.6. The molecular weight excluding hydrogens is 312 g/mol. The lowest BCUT2D eigenvalue weighted by Gasteiger charge is -2.19. The average molecular weight is 336 g/mol. The molecule has 0 spiro atoms. The summed E-state index contributed by atoms with van der Waals surface area (Å²) in [4.78, 5) is 26.8. The molecule has 0 saturated carbocycles. The summed E-state index contributed by atoms with van der Waals surface area (Å²) in [7, 11) is 0. The first-order valence-electron chi connectivity index (χ1n) is 8.60. The summed E-state index contributed by atoms with van der Waals surface area (Å²) in [5.41, 5.74) is 6.07. The van der Waals surface area contributed by atoms with Crippen LogP contribution in [-0.4, -0.2) is 18.4 Å². The first-order valence-corrected chi connectivity index (χ1v) is 8.60. The van der Waals surface area contributed by atoms with Crippen molar-refractivity contribution in [1.82, 2.24) is 0 Å². The highest BCUT2D eigenvalue weighted by Gasteiger charge is 2.35. The molecule has 2 aromatic carbocycles. The summed E-state index contributed by atoms with van der Waals surface area (Å²) < 4.78 is 0. The Balaban J connectivity index is 1.75. The molecule has 4 heteroatoms. The van der Waals surface area contributed by atoms with Crippen LogP contribution in [0, 0.1) is 33.6 Å². The van der Waals surface area contributed by atoms with E-state index in [9.17, 15) is 9.59 Å². The second-order valence-corrected chi connectivity index (χ2v) is 7.06. The van der Waals surface area contributed by atoms with E-state index < -0.39 is 0 Å². The van der Waals surface area contributed by atoms with Gasteiger partial charge in [-0.15, -0.1) is 0 Å². The molecule has 1 heterocycles. The summed E-state index contributed by atoms with van der Waals surface area (Å²) in [5.74, 6) is -0.409. The Hall–Kier alpha value is -2.62. The summed E-state index contributed by atoms with van der Waals surface area (Å²) >= 11 is 0. The standard InChI is InChI=1S/C21H24N2O2/c1-13-5-6-16(4)19(10-13)23-12-17(11-20(23)24)21(25)22-18-8-14(2)7-15(3)9-18/h5-10,17H,11-12H2,1-4H3,(H,22,25)/t17-/m0/s1. The maximum atomic E-state index is 12.6. The molecule has 1 saturated heterocycles. The summed E-state index contributed by atoms with van der Waals surface area (Å²) in [6, 6.07) is 12.0. The van der Waals surface area contributed by atoms with E-state index >= 15 is 0 Å². The number of benzene rings is 2. The Labute approximate surface area is 148 Å². The smallest absolute Gasteiger partial charge is 0.229 e. The molecule has 0 aliphatic carbocycles. The van der Waals surface area contributed by atoms with Gasteiger partial charge in [0.25, 0.3) is 0 Å². The lowest BCUT2D eigenvalue weighted by Crippen LogP contribution is -2.28. The number of carbonyl (C=O) groups is 2. The van der Waals surface area contributed by atoms with Gasteiger partial charge in [-0.25, -0.2) is 0 Å². The molecule has 0 radical (unpaired) electrons. The van der Waals surface area contributed by atoms with Gasteiger partial charge >= 0.3 is 0 Å². The minimum atomic E-state index is -0.326. The Morgan fingerprint density at radius 1 is 1.00 bits per heavy atom. The van der Waals surface area contributed by atoms with Crippen molar-refractivity contribution in [1.29, 1.82) is 0 Å². The SMILES string of the molecule is Cc1cc(C)cc(NC(=O)[C@H]2CC(=O)N(c3cc(C)ccc3C)C2)c1. The zero-order valence-electron chi connectivity index (χ0n) is 15.2. The molecule has 0 bridgehead atoms. The van der Waals surface area contributed by atoms with Crippen molar-refractivity contribution in [2.45, 2.75) is 34.1 Å². The van der Waals surface area contributed by atoms with Crippen molar-refractivity contribution in [2.24, 2.45) is 5.92 Å². The molecule has 1 N–H and O–H groups in total. The van der Waals surface area contributed by atoms with Crippen molar-refractivity contribution in [2.75, 3.05) is 16.8 Å². The molecule has 0 unspecified atom stereocenters. The molecule has 3 rings (SSSR count). The van der Waals surface area contributed by atoms with Crippen LogP contribution in [-0.2, 0) is 9.59 Å². The van der Waals surface area contributed by atoms with Gasteiger partial charge in [0.2, 0.25) is 11.8 Å². The number of hydrogen-bond donors (Lipinski definition) is 1. The third-order valence-corrected chi connectivity index (χ3v) is 4.64. The van der Waals surface area contributed by atoms with Crippen LogP contribution in [0.5, 0.6) is 0 Å². The molecule has 25 heavy (non-hydrogen) atoms. The summed E-state index contributed by atoms with van der Waals surface area (Å²) in [5, 5.41) is 2.97. The third kappa shape index (κ3) is 3.73. The van der Waals surface area contributed by atoms with E-state index in [1.165, 1.54) is 0 Å². The van der Waals surface area contributed by atoms with Crippen LogP contribution < -0.4 is 10.2 Å². The molecule has 2 amide bonds. The van der Waals surface area contributed by atoms with E-state index in [1.807, 2.05) is 58.0 Å². The number of carbonyl (C=O) groups excluding carboxylic acids is 2. The largest absolute Gasteiger partial charge is 0.326 e. The van der Waals surface area contributed by atoms with Gasteiger partial charge in [0.1, 0.15) is 0 Å². The monoisotopic (exact) mass is 336 g/mol. The van der Waals surface area contributed by atoms with Gasteiger partial charge in [0, 0.05) is 24.3 Å². The zero-order valence-corrected chi connectivity index (χ0v) is 15.2. The van der Waals surface area contributed by atoms with E-state index in [0.717, 1.165) is 33.6 Å². The first kappa shape index (κ1) is 17.2. The topological polar surface area (TPSA) is 49.4 Å². The van der Waals surface area contributed by atoms with Gasteiger partial charge in [-0.05, 0) is 68.1 Å². The van der Waals surface area contributed by atoms with Crippen LogP contribution in [0.1, 0.15) is 28.7 Å². The lowest BCUT2D eigenvalue weighted by atomic mass is 10.1. The normalized spacial score (nSPS) is 17.0. The van der Waals surface area contributed by atoms with Crippen LogP contribution in [0.4, 0.5) is 11.4 Å². The molecule has 4 nitrogen and oxygen atoms in total. The maximum Gasteiger partial charge on any atom is 0.229 e. The Bertz CT molecular complexity index is 822. The highest BCUT2D eigenvalue weighted by atomic mass is 16.2. The van der Waals surface area contributed by atoms with Gasteiger partial charge in [0.05, 0.1) is 5.92 Å². The van der Waals surface area contributed by atoms with Gasteiger partial charge in [-0.3, -0.25) is 9.59 Å². The highest BCUT2D eigenvalue weighted by Crippen LogP contribution is 2.29. The number of nitrogens with one attached hydrogen (secondary N) is 1. The van der Waals surface area contributed by atoms with Crippen molar-refractivity contribution in [3.63, 3.8) is 0 Å². The van der Waals surface area contributed by atoms with Gasteiger partial charge in [-0.2, -0.15) is 0 Å². The molecule has 1 aliphatic rings. The van der Waals surface area contributed by atoms with Gasteiger partial charge in [-0.1, -0.05) is 18.2 Å². The number of amides is 2. The lowest BCUT2D eigenvalue weighted by molar-refractivity contribution is -0.122. The molecule has 130 valence electrons. The molecule has 0 aromatic heterocycles. The van der Waals surface area contributed by atoms with E-state index in [4.69, 9.17) is 0 Å². The van der Waals surface area contributed by atoms with Crippen LogP contribution >= 0.6 is 0 Å². The second kappa shape index (κ2) is 6.71. The fourth-order valence-electron chi connectivity index (χ4n) is 3.42. The van der Waals surface area contributed by atoms with Crippen LogP contribution in [0.25, 0.3) is 0 Å². The molecule has 1 atom stereocenters. The van der Waals surface area contributed by atoms with E-state index in [0.29, 0.717) is 6.54 Å². The Morgan fingerprint density at radius 3 is 2.36 bits per heavy atom. The first-order chi connectivity index (χ1) is 11.8. The van der Waals surface area contributed by atoms with Crippen molar-refractivity contribution in [3.05, 3.63) is 58.7 Å². The summed E-state index contributed by atoms with van der Waals surface area (Å²) in [6.45, 7) is 8.44. The zero-order chi connectivity index (χ0) is 18.1. The predicted octanol–water partition coefficient (Wildman–Crippen LogP) is 3.91. The van der Waals surface area contributed by atoms with E-state index in [2.05, 4.69) is 11.4 Å². The third-order valence-electron chi connectivity index (χ3n) is 4.64. The molecule has 1 fully saturated rings. The fraction of sp³-hybridized carbons (Fsp3) is 0.333. The number of anilines is 2. The number of rotatable bonds is 3. The molecular formula is C21H24N2O2. The number of aryl methyl sites for hydroxylation is 4. The minimum absolute atomic E-state index is 0.00859. The van der Waals surface area contributed by atoms with Crippen molar-refractivity contribution >= 4 is 23.2 Å². The average Bonchev–Trinajstić information content (AvgIpc) is 2.90. The van der Waals surface area contributed by atoms with Crippen molar-refractivity contribution < 1.29 is 9.59 Å². The Morgan fingerprint density at radius 2 is 1.68 bits per heavy atom. The van der Waals surface area contributed by atoms with E-state index in [-0.39, 0.29) is 24.2 Å². The number of hydrogen-bond acceptors (Lipinski definition) is 2. The van der Waals surface area contributed by atoms with Crippen LogP contribution in [0.3, 0.4) is 0 Å². The fourth-order valence-corrected chi connectivity index (χ4v) is 3.42. The Kier molecular flexibility index (Phi) is 4.62. The van der Waals surface area contributed by atoms with Crippen LogP contribution in [0.2, 0.25) is 0 Å². The second-order valence-electron chi connectivity index (χ2n) is 7.06. The van der Waals surface area contributed by atoms with Crippen LogP contribution in [0.15, 0.2) is 36.4 Å². The predicted molar refractivity (Wildman–Crippen MR) is 101 cm³/mol. The van der Waals surface area contributed by atoms with Gasteiger partial charge < -0.3 is 10.2 Å². The molecule has 2 aromatic rings. The van der Waals surface area contributed by atoms with E-state index in [1.54, 1.807) is 4.90 Å². The van der Waals surface area contributed by atoms with Crippen molar-refractivity contribution in [3.8, 4) is 0 Å². The van der Waals surface area contributed by atoms with Gasteiger partial charge in [0.15, 0.2) is 0 Å². The quantitative estimate of drug-likeness (QED) is 0.924. The highest BCUT2D eigenvalue weighted by molar-refractivity contribution is 6.03. The number of nitrogens with zero attached hydrogens (tertiary/aromatic N) is 1. The molecule has 1 aliphatic heterocycles. The minimum Gasteiger partial charge on any atom is -0.326 e. The summed E-state index contributed by atoms with van der Waals surface area (Å²) in [6.07, 6.45) is 0.254.